The number of hydrogen-bond donors (Lipinski definition) is 1. The van der Waals surface area contributed by atoms with E-state index < -0.39 is 17.7 Å². The van der Waals surface area contributed by atoms with Gasteiger partial charge < -0.3 is 14.8 Å². The van der Waals surface area contributed by atoms with E-state index in [-0.39, 0.29) is 17.5 Å². The van der Waals surface area contributed by atoms with Gasteiger partial charge in [-0.05, 0) is 54.8 Å². The van der Waals surface area contributed by atoms with Gasteiger partial charge >= 0.3 is 6.03 Å². The maximum absolute atomic E-state index is 14.1. The normalized spacial score (nSPS) is 14.3. The minimum Gasteiger partial charge on any atom is -0.345 e. The monoisotopic (exact) mass is 441 g/mol. The van der Waals surface area contributed by atoms with Crippen molar-refractivity contribution < 1.29 is 18.0 Å². The Morgan fingerprint density at radius 1 is 0.969 bits per heavy atom. The van der Waals surface area contributed by atoms with Crippen LogP contribution < -0.4 is 5.32 Å². The summed E-state index contributed by atoms with van der Waals surface area (Å²) in [5.41, 5.74) is 1.67. The summed E-state index contributed by atoms with van der Waals surface area (Å²) in [5, 5.41) is 2.61. The average Bonchev–Trinajstić information content (AvgIpc) is 3.21. The van der Waals surface area contributed by atoms with Gasteiger partial charge in [0.25, 0.3) is 0 Å². The summed E-state index contributed by atoms with van der Waals surface area (Å²) >= 11 is 0. The molecular weight excluding hydrogens is 415 g/mol. The van der Waals surface area contributed by atoms with Crippen LogP contribution in [0, 0.1) is 17.5 Å². The van der Waals surface area contributed by atoms with Gasteiger partial charge in [-0.2, -0.15) is 0 Å². The van der Waals surface area contributed by atoms with E-state index in [1.165, 1.54) is 18.2 Å². The molecule has 1 aliphatic rings. The Labute approximate surface area is 185 Å². The molecule has 7 heteroatoms. The van der Waals surface area contributed by atoms with Crippen molar-refractivity contribution in [1.29, 1.82) is 0 Å². The zero-order valence-electron chi connectivity index (χ0n) is 17.7. The number of carbonyl (C=O) groups is 1. The highest BCUT2D eigenvalue weighted by atomic mass is 19.1. The molecule has 1 N–H and O–H groups in total. The number of nitrogens with zero attached hydrogens (tertiary/aromatic N) is 2. The third kappa shape index (κ3) is 5.33. The van der Waals surface area contributed by atoms with Crippen LogP contribution in [0.3, 0.4) is 0 Å². The predicted octanol–water partition coefficient (Wildman–Crippen LogP) is 6.32. The zero-order valence-corrected chi connectivity index (χ0v) is 17.7. The molecule has 3 aromatic rings. The summed E-state index contributed by atoms with van der Waals surface area (Å²) in [6.07, 6.45) is 6.85. The van der Waals surface area contributed by atoms with Crippen molar-refractivity contribution in [2.45, 2.75) is 51.2 Å². The van der Waals surface area contributed by atoms with Gasteiger partial charge in [0.15, 0.2) is 0 Å². The number of halogens is 3. The smallest absolute Gasteiger partial charge is 0.322 e. The molecule has 168 valence electrons. The van der Waals surface area contributed by atoms with E-state index in [9.17, 15) is 18.0 Å². The van der Waals surface area contributed by atoms with Crippen LogP contribution in [0.1, 0.15) is 43.4 Å². The summed E-state index contributed by atoms with van der Waals surface area (Å²) in [5.74, 6) is -1.79. The molecule has 0 atom stereocenters. The molecule has 0 saturated heterocycles. The molecule has 0 bridgehead atoms. The number of carbonyl (C=O) groups excluding carboxylic acids is 1. The summed E-state index contributed by atoms with van der Waals surface area (Å²) in [7, 11) is 0. The number of benzene rings is 2. The van der Waals surface area contributed by atoms with E-state index in [0.29, 0.717) is 13.1 Å². The topological polar surface area (TPSA) is 37.3 Å². The van der Waals surface area contributed by atoms with Crippen molar-refractivity contribution in [2.75, 3.05) is 5.32 Å². The maximum Gasteiger partial charge on any atom is 0.322 e. The minimum atomic E-state index is -0.809. The van der Waals surface area contributed by atoms with Crippen molar-refractivity contribution in [3.8, 4) is 0 Å². The van der Waals surface area contributed by atoms with E-state index >= 15 is 0 Å². The van der Waals surface area contributed by atoms with Gasteiger partial charge in [-0.15, -0.1) is 0 Å². The number of rotatable bonds is 6. The lowest BCUT2D eigenvalue weighted by Gasteiger charge is -2.34. The lowest BCUT2D eigenvalue weighted by atomic mass is 9.94. The van der Waals surface area contributed by atoms with Crippen LogP contribution >= 0.6 is 0 Å². The highest BCUT2D eigenvalue weighted by Gasteiger charge is 2.27. The Hall–Kier alpha value is -3.22. The summed E-state index contributed by atoms with van der Waals surface area (Å²) < 4.78 is 42.9. The lowest BCUT2D eigenvalue weighted by Crippen LogP contribution is -2.43. The quantitative estimate of drug-likeness (QED) is 0.478. The second-order valence-corrected chi connectivity index (χ2v) is 8.23. The number of amides is 2. The first-order valence-corrected chi connectivity index (χ1v) is 10.9. The van der Waals surface area contributed by atoms with Crippen molar-refractivity contribution in [3.05, 3.63) is 89.5 Å². The van der Waals surface area contributed by atoms with E-state index in [1.807, 2.05) is 29.0 Å². The Morgan fingerprint density at radius 2 is 1.75 bits per heavy atom. The second kappa shape index (κ2) is 9.94. The van der Waals surface area contributed by atoms with Crippen molar-refractivity contribution in [2.24, 2.45) is 0 Å². The van der Waals surface area contributed by atoms with Crippen molar-refractivity contribution in [1.82, 2.24) is 9.47 Å². The Kier molecular flexibility index (Phi) is 6.83. The minimum absolute atomic E-state index is 0.0322. The lowest BCUT2D eigenvalue weighted by molar-refractivity contribution is 0.161. The number of aromatic nitrogens is 1. The summed E-state index contributed by atoms with van der Waals surface area (Å²) in [6, 6.07) is 13.0. The van der Waals surface area contributed by atoms with E-state index in [0.717, 1.165) is 55.5 Å². The van der Waals surface area contributed by atoms with Crippen LogP contribution in [-0.4, -0.2) is 21.5 Å². The van der Waals surface area contributed by atoms with Crippen LogP contribution in [0.5, 0.6) is 0 Å². The van der Waals surface area contributed by atoms with E-state index in [2.05, 4.69) is 5.32 Å². The van der Waals surface area contributed by atoms with E-state index in [1.54, 1.807) is 11.0 Å². The third-order valence-corrected chi connectivity index (χ3v) is 5.95. The zero-order chi connectivity index (χ0) is 22.5. The van der Waals surface area contributed by atoms with Crippen molar-refractivity contribution >= 4 is 11.7 Å². The molecule has 1 heterocycles. The predicted molar refractivity (Wildman–Crippen MR) is 118 cm³/mol. The molecule has 1 aromatic heterocycles. The molecule has 4 rings (SSSR count). The fourth-order valence-corrected chi connectivity index (χ4v) is 4.29. The Morgan fingerprint density at radius 3 is 2.50 bits per heavy atom. The highest BCUT2D eigenvalue weighted by molar-refractivity contribution is 5.89. The fourth-order valence-electron chi connectivity index (χ4n) is 4.29. The number of anilines is 1. The molecule has 1 fully saturated rings. The van der Waals surface area contributed by atoms with Crippen LogP contribution in [0.25, 0.3) is 0 Å². The van der Waals surface area contributed by atoms with Crippen molar-refractivity contribution in [3.63, 3.8) is 0 Å². The first-order chi connectivity index (χ1) is 15.5. The van der Waals surface area contributed by atoms with Gasteiger partial charge in [-0.1, -0.05) is 31.4 Å². The number of hydrogen-bond acceptors (Lipinski definition) is 1. The van der Waals surface area contributed by atoms with Crippen LogP contribution in [0.15, 0.2) is 60.8 Å². The molecule has 32 heavy (non-hydrogen) atoms. The Bertz CT molecular complexity index is 1080. The molecule has 2 amide bonds. The largest absolute Gasteiger partial charge is 0.345 e. The summed E-state index contributed by atoms with van der Waals surface area (Å²) in [6.45, 7) is 0.814. The van der Waals surface area contributed by atoms with Gasteiger partial charge in [0.2, 0.25) is 0 Å². The first-order valence-electron chi connectivity index (χ1n) is 10.9. The molecule has 2 aromatic carbocycles. The van der Waals surface area contributed by atoms with Gasteiger partial charge in [-0.25, -0.2) is 18.0 Å². The fraction of sp³-hybridized carbons (Fsp3) is 0.320. The summed E-state index contributed by atoms with van der Waals surface area (Å²) in [4.78, 5) is 14.9. The van der Waals surface area contributed by atoms with Gasteiger partial charge in [-0.3, -0.25) is 0 Å². The SMILES string of the molecule is O=C(Nc1ccc(F)cc1F)N(Cc1cccn1Cc1cccc(F)c1)C1CCCCC1. The van der Waals surface area contributed by atoms with Gasteiger partial charge in [0.05, 0.1) is 12.2 Å². The molecule has 0 spiro atoms. The Balaban J connectivity index is 1.55. The number of nitrogens with one attached hydrogen (secondary N) is 1. The highest BCUT2D eigenvalue weighted by Crippen LogP contribution is 2.26. The molecular formula is C25H26F3N3O. The molecule has 0 aliphatic heterocycles. The number of urea groups is 1. The molecule has 4 nitrogen and oxygen atoms in total. The molecule has 0 radical (unpaired) electrons. The van der Waals surface area contributed by atoms with Crippen LogP contribution in [0.2, 0.25) is 0 Å². The molecule has 1 aliphatic carbocycles. The molecule has 1 saturated carbocycles. The van der Waals surface area contributed by atoms with Crippen LogP contribution in [-0.2, 0) is 13.1 Å². The third-order valence-electron chi connectivity index (χ3n) is 5.95. The second-order valence-electron chi connectivity index (χ2n) is 8.23. The van der Waals surface area contributed by atoms with Crippen LogP contribution in [0.4, 0.5) is 23.7 Å². The maximum atomic E-state index is 14.1. The average molecular weight is 441 g/mol. The molecule has 0 unspecified atom stereocenters. The first kappa shape index (κ1) is 22.0. The van der Waals surface area contributed by atoms with Gasteiger partial charge in [0.1, 0.15) is 17.5 Å². The standard InChI is InChI=1S/C25H26F3N3O/c26-19-7-4-6-18(14-19)16-30-13-5-10-22(30)17-31(21-8-2-1-3-9-21)25(32)29-24-12-11-20(27)15-23(24)28/h4-7,10-15,21H,1-3,8-9,16-17H2,(H,29,32). The van der Waals surface area contributed by atoms with Gasteiger partial charge in [0, 0.05) is 30.5 Å². The van der Waals surface area contributed by atoms with E-state index in [4.69, 9.17) is 0 Å².